The van der Waals surface area contributed by atoms with E-state index in [2.05, 4.69) is 25.1 Å². The summed E-state index contributed by atoms with van der Waals surface area (Å²) in [6.45, 7) is 9.06. The fraction of sp³-hybridized carbons (Fsp3) is 0.500. The Morgan fingerprint density at radius 3 is 1.75 bits per heavy atom. The van der Waals surface area contributed by atoms with Gasteiger partial charge in [0.05, 0.1) is 0 Å². The number of rotatable bonds is 2. The van der Waals surface area contributed by atoms with Gasteiger partial charge < -0.3 is 4.90 Å². The molecule has 0 N–H and O–H groups in total. The second-order valence-electron chi connectivity index (χ2n) is 2.82. The van der Waals surface area contributed by atoms with Gasteiger partial charge in [-0.05, 0) is 45.1 Å². The zero-order valence-electron chi connectivity index (χ0n) is 7.75. The lowest BCUT2D eigenvalue weighted by atomic mass is 10.4. The van der Waals surface area contributed by atoms with Crippen LogP contribution in [0.2, 0.25) is 0 Å². The third kappa shape index (κ3) is 5.86. The summed E-state index contributed by atoms with van der Waals surface area (Å²) >= 11 is 0. The van der Waals surface area contributed by atoms with Crippen molar-refractivity contribution in [3.8, 4) is 0 Å². The molecule has 1 heterocycles. The molecule has 0 aromatic heterocycles. The zero-order chi connectivity index (χ0) is 9.40. The van der Waals surface area contributed by atoms with E-state index in [1.165, 1.54) is 38.1 Å². The summed E-state index contributed by atoms with van der Waals surface area (Å²) < 4.78 is 0. The lowest BCUT2D eigenvalue weighted by Gasteiger charge is -2.01. The monoisotopic (exact) mass is 167 g/mol. The number of hydrogen-bond donors (Lipinski definition) is 0. The molecule has 1 fully saturated rings. The molecule has 2 nitrogen and oxygen atoms in total. The maximum atomic E-state index is 9.94. The van der Waals surface area contributed by atoms with Crippen molar-refractivity contribution >= 4 is 5.78 Å². The molecule has 0 bridgehead atoms. The first-order chi connectivity index (χ1) is 5.70. The number of allylic oxidation sites excluding steroid dienone is 2. The molecule has 0 unspecified atom stereocenters. The molecule has 0 aromatic rings. The van der Waals surface area contributed by atoms with Gasteiger partial charge in [-0.15, -0.1) is 0 Å². The SMILES string of the molecule is C=CC(=O)C=C.CN1CCCC1. The minimum atomic E-state index is -0.130. The van der Waals surface area contributed by atoms with Gasteiger partial charge in [0.25, 0.3) is 0 Å². The van der Waals surface area contributed by atoms with Crippen LogP contribution in [0.4, 0.5) is 0 Å². The highest BCUT2D eigenvalue weighted by Crippen LogP contribution is 2.01. The van der Waals surface area contributed by atoms with Crippen molar-refractivity contribution in [1.29, 1.82) is 0 Å². The number of likely N-dealkylation sites (tertiary alicyclic amines) is 1. The number of nitrogens with zero attached hydrogens (tertiary/aromatic N) is 1. The molecule has 1 aliphatic rings. The van der Waals surface area contributed by atoms with E-state index in [1.54, 1.807) is 0 Å². The molecule has 12 heavy (non-hydrogen) atoms. The smallest absolute Gasteiger partial charge is 0.177 e. The Labute approximate surface area is 74.6 Å². The van der Waals surface area contributed by atoms with Gasteiger partial charge in [-0.3, -0.25) is 4.79 Å². The van der Waals surface area contributed by atoms with Crippen molar-refractivity contribution in [1.82, 2.24) is 4.90 Å². The Kier molecular flexibility index (Phi) is 6.29. The second-order valence-corrected chi connectivity index (χ2v) is 2.82. The average Bonchev–Trinajstić information content (AvgIpc) is 2.55. The first kappa shape index (κ1) is 11.1. The molecule has 0 spiro atoms. The van der Waals surface area contributed by atoms with E-state index in [0.29, 0.717) is 0 Å². The van der Waals surface area contributed by atoms with E-state index in [9.17, 15) is 4.79 Å². The predicted octanol–water partition coefficient (Wildman–Crippen LogP) is 1.64. The first-order valence-corrected chi connectivity index (χ1v) is 4.18. The van der Waals surface area contributed by atoms with Crippen LogP contribution in [0, 0.1) is 0 Å². The quantitative estimate of drug-likeness (QED) is 0.583. The van der Waals surface area contributed by atoms with Crippen LogP contribution in [-0.2, 0) is 4.79 Å². The lowest BCUT2D eigenvalue weighted by Crippen LogP contribution is -2.10. The van der Waals surface area contributed by atoms with Crippen molar-refractivity contribution in [3.63, 3.8) is 0 Å². The molecule has 2 heteroatoms. The molecular weight excluding hydrogens is 150 g/mol. The Morgan fingerprint density at radius 1 is 1.25 bits per heavy atom. The van der Waals surface area contributed by atoms with E-state index in [4.69, 9.17) is 0 Å². The minimum absolute atomic E-state index is 0.130. The van der Waals surface area contributed by atoms with Crippen molar-refractivity contribution in [2.45, 2.75) is 12.8 Å². The molecule has 0 aliphatic carbocycles. The maximum absolute atomic E-state index is 9.94. The van der Waals surface area contributed by atoms with E-state index in [-0.39, 0.29) is 5.78 Å². The predicted molar refractivity (Wildman–Crippen MR) is 52.1 cm³/mol. The standard InChI is InChI=1S/C5H11N.C5H6O/c1-6-4-2-3-5-6;1-3-5(6)4-2/h2-5H2,1H3;3-4H,1-2H2. The number of carbonyl (C=O) groups excluding carboxylic acids is 1. The highest BCUT2D eigenvalue weighted by atomic mass is 16.1. The summed E-state index contributed by atoms with van der Waals surface area (Å²) in [5.41, 5.74) is 0. The second kappa shape index (κ2) is 6.80. The van der Waals surface area contributed by atoms with E-state index in [1.807, 2.05) is 0 Å². The Balaban J connectivity index is 0.000000202. The Bertz CT molecular complexity index is 147. The number of ketones is 1. The average molecular weight is 167 g/mol. The highest BCUT2D eigenvalue weighted by molar-refractivity contribution is 5.98. The van der Waals surface area contributed by atoms with E-state index >= 15 is 0 Å². The third-order valence-corrected chi connectivity index (χ3v) is 1.73. The van der Waals surface area contributed by atoms with Gasteiger partial charge >= 0.3 is 0 Å². The normalized spacial score (nSPS) is 16.1. The van der Waals surface area contributed by atoms with Gasteiger partial charge in [0.2, 0.25) is 0 Å². The minimum Gasteiger partial charge on any atom is -0.306 e. The van der Waals surface area contributed by atoms with Crippen molar-refractivity contribution < 1.29 is 4.79 Å². The molecule has 0 atom stereocenters. The summed E-state index contributed by atoms with van der Waals surface area (Å²) in [5.74, 6) is -0.130. The number of hydrogen-bond acceptors (Lipinski definition) is 2. The molecule has 0 saturated carbocycles. The van der Waals surface area contributed by atoms with Crippen molar-refractivity contribution in [3.05, 3.63) is 25.3 Å². The van der Waals surface area contributed by atoms with Gasteiger partial charge in [0.15, 0.2) is 5.78 Å². The summed E-state index contributed by atoms with van der Waals surface area (Å²) in [6, 6.07) is 0. The molecule has 1 saturated heterocycles. The van der Waals surface area contributed by atoms with Gasteiger partial charge in [0, 0.05) is 0 Å². The molecular formula is C10H17NO. The lowest BCUT2D eigenvalue weighted by molar-refractivity contribution is -0.110. The van der Waals surface area contributed by atoms with Crippen LogP contribution in [-0.4, -0.2) is 30.8 Å². The van der Waals surface area contributed by atoms with Crippen LogP contribution < -0.4 is 0 Å². The van der Waals surface area contributed by atoms with Crippen molar-refractivity contribution in [2.75, 3.05) is 20.1 Å². The molecule has 0 amide bonds. The molecule has 0 aromatic carbocycles. The summed E-state index contributed by atoms with van der Waals surface area (Å²) in [5, 5.41) is 0. The van der Waals surface area contributed by atoms with Crippen molar-refractivity contribution in [2.24, 2.45) is 0 Å². The van der Waals surface area contributed by atoms with Gasteiger partial charge in [-0.25, -0.2) is 0 Å². The van der Waals surface area contributed by atoms with Gasteiger partial charge in [0.1, 0.15) is 0 Å². The van der Waals surface area contributed by atoms with Crippen LogP contribution in [0.25, 0.3) is 0 Å². The van der Waals surface area contributed by atoms with Gasteiger partial charge in [-0.2, -0.15) is 0 Å². The molecule has 1 rings (SSSR count). The third-order valence-electron chi connectivity index (χ3n) is 1.73. The van der Waals surface area contributed by atoms with Crippen LogP contribution in [0.15, 0.2) is 25.3 Å². The summed E-state index contributed by atoms with van der Waals surface area (Å²) in [7, 11) is 2.17. The highest BCUT2D eigenvalue weighted by Gasteiger charge is 2.03. The number of carbonyl (C=O) groups is 1. The fourth-order valence-corrected chi connectivity index (χ4v) is 0.959. The van der Waals surface area contributed by atoms with Crippen LogP contribution in [0.1, 0.15) is 12.8 Å². The van der Waals surface area contributed by atoms with Crippen LogP contribution in [0.3, 0.4) is 0 Å². The topological polar surface area (TPSA) is 20.3 Å². The summed E-state index contributed by atoms with van der Waals surface area (Å²) in [4.78, 5) is 12.3. The maximum Gasteiger partial charge on any atom is 0.177 e. The largest absolute Gasteiger partial charge is 0.306 e. The first-order valence-electron chi connectivity index (χ1n) is 4.18. The van der Waals surface area contributed by atoms with E-state index in [0.717, 1.165) is 0 Å². The fourth-order valence-electron chi connectivity index (χ4n) is 0.959. The van der Waals surface area contributed by atoms with Crippen LogP contribution in [0.5, 0.6) is 0 Å². The zero-order valence-corrected chi connectivity index (χ0v) is 7.75. The molecule has 1 aliphatic heterocycles. The Morgan fingerprint density at radius 2 is 1.67 bits per heavy atom. The van der Waals surface area contributed by atoms with Crippen LogP contribution >= 0.6 is 0 Å². The molecule has 0 radical (unpaired) electrons. The Hall–Kier alpha value is -0.890. The molecule has 68 valence electrons. The van der Waals surface area contributed by atoms with Gasteiger partial charge in [-0.1, -0.05) is 13.2 Å². The van der Waals surface area contributed by atoms with E-state index < -0.39 is 0 Å². The summed E-state index contributed by atoms with van der Waals surface area (Å²) in [6.07, 6.45) is 5.26.